The van der Waals surface area contributed by atoms with Gasteiger partial charge in [-0.15, -0.1) is 0 Å². The SMILES string of the molecule is CC(CNC(Oc1cccc2ccccc12)C(C)O)Cc1ccccc1. The lowest BCUT2D eigenvalue weighted by Crippen LogP contribution is -2.45. The Morgan fingerprint density at radius 2 is 1.58 bits per heavy atom. The molecule has 3 heteroatoms. The molecule has 3 aromatic rings. The second-order valence-corrected chi connectivity index (χ2v) is 6.96. The highest BCUT2D eigenvalue weighted by Gasteiger charge is 2.18. The van der Waals surface area contributed by atoms with Crippen LogP contribution in [0.2, 0.25) is 0 Å². The van der Waals surface area contributed by atoms with E-state index in [0.717, 1.165) is 29.5 Å². The van der Waals surface area contributed by atoms with Crippen LogP contribution in [0, 0.1) is 5.92 Å². The van der Waals surface area contributed by atoms with Crippen LogP contribution >= 0.6 is 0 Å². The molecular formula is C23H27NO2. The van der Waals surface area contributed by atoms with E-state index >= 15 is 0 Å². The van der Waals surface area contributed by atoms with Crippen LogP contribution in [0.4, 0.5) is 0 Å². The minimum Gasteiger partial charge on any atom is -0.472 e. The van der Waals surface area contributed by atoms with E-state index in [9.17, 15) is 5.11 Å². The predicted molar refractivity (Wildman–Crippen MR) is 107 cm³/mol. The molecule has 0 aliphatic carbocycles. The summed E-state index contributed by atoms with van der Waals surface area (Å²) in [5.41, 5.74) is 1.32. The monoisotopic (exact) mass is 349 g/mol. The first-order valence-corrected chi connectivity index (χ1v) is 9.23. The molecule has 136 valence electrons. The fraction of sp³-hybridized carbons (Fsp3) is 0.304. The second-order valence-electron chi connectivity index (χ2n) is 6.96. The summed E-state index contributed by atoms with van der Waals surface area (Å²) in [5, 5.41) is 15.7. The highest BCUT2D eigenvalue weighted by molar-refractivity contribution is 5.88. The van der Waals surface area contributed by atoms with Crippen LogP contribution in [0.5, 0.6) is 5.75 Å². The molecule has 2 N–H and O–H groups in total. The van der Waals surface area contributed by atoms with Gasteiger partial charge in [-0.1, -0.05) is 73.7 Å². The van der Waals surface area contributed by atoms with E-state index in [0.29, 0.717) is 5.92 Å². The summed E-state index contributed by atoms with van der Waals surface area (Å²) in [4.78, 5) is 0. The van der Waals surface area contributed by atoms with Crippen molar-refractivity contribution in [3.05, 3.63) is 78.4 Å². The fourth-order valence-electron chi connectivity index (χ4n) is 3.15. The number of ether oxygens (including phenoxy) is 1. The quantitative estimate of drug-likeness (QED) is 0.593. The maximum Gasteiger partial charge on any atom is 0.176 e. The van der Waals surface area contributed by atoms with Crippen LogP contribution < -0.4 is 10.1 Å². The topological polar surface area (TPSA) is 41.5 Å². The minimum absolute atomic E-state index is 0.440. The van der Waals surface area contributed by atoms with Gasteiger partial charge in [0.15, 0.2) is 6.23 Å². The standard InChI is InChI=1S/C23H27NO2/c1-17(15-19-9-4-3-5-10-19)16-24-23(18(2)25)26-22-14-8-12-20-11-6-7-13-21(20)22/h3-14,17-18,23-25H,15-16H2,1-2H3. The van der Waals surface area contributed by atoms with Gasteiger partial charge in [0.2, 0.25) is 0 Å². The van der Waals surface area contributed by atoms with Crippen molar-refractivity contribution in [1.82, 2.24) is 5.32 Å². The van der Waals surface area contributed by atoms with Crippen molar-refractivity contribution in [1.29, 1.82) is 0 Å². The van der Waals surface area contributed by atoms with E-state index in [1.165, 1.54) is 5.56 Å². The zero-order valence-corrected chi connectivity index (χ0v) is 15.4. The molecule has 0 saturated heterocycles. The highest BCUT2D eigenvalue weighted by Crippen LogP contribution is 2.26. The lowest BCUT2D eigenvalue weighted by Gasteiger charge is -2.25. The van der Waals surface area contributed by atoms with Crippen LogP contribution in [-0.4, -0.2) is 24.0 Å². The molecule has 0 heterocycles. The summed E-state index contributed by atoms with van der Waals surface area (Å²) in [6, 6.07) is 24.6. The molecular weight excluding hydrogens is 322 g/mol. The highest BCUT2D eigenvalue weighted by atomic mass is 16.5. The van der Waals surface area contributed by atoms with E-state index in [1.807, 2.05) is 36.4 Å². The molecule has 0 amide bonds. The first kappa shape index (κ1) is 18.4. The second kappa shape index (κ2) is 8.84. The van der Waals surface area contributed by atoms with E-state index in [1.54, 1.807) is 6.92 Å². The summed E-state index contributed by atoms with van der Waals surface area (Å²) in [6.07, 6.45) is -0.0637. The molecule has 3 rings (SSSR count). The van der Waals surface area contributed by atoms with Gasteiger partial charge in [0.1, 0.15) is 11.9 Å². The third-order valence-electron chi connectivity index (χ3n) is 4.54. The van der Waals surface area contributed by atoms with Gasteiger partial charge < -0.3 is 9.84 Å². The molecule has 26 heavy (non-hydrogen) atoms. The number of aliphatic hydroxyl groups is 1. The van der Waals surface area contributed by atoms with Gasteiger partial charge in [0.25, 0.3) is 0 Å². The molecule has 0 radical (unpaired) electrons. The summed E-state index contributed by atoms with van der Waals surface area (Å²) in [6.45, 7) is 4.73. The normalized spacial score (nSPS) is 14.7. The molecule has 0 aliphatic rings. The van der Waals surface area contributed by atoms with Gasteiger partial charge in [-0.25, -0.2) is 0 Å². The zero-order valence-electron chi connectivity index (χ0n) is 15.4. The molecule has 3 atom stereocenters. The third-order valence-corrected chi connectivity index (χ3v) is 4.54. The van der Waals surface area contributed by atoms with E-state index in [-0.39, 0.29) is 0 Å². The van der Waals surface area contributed by atoms with Crippen LogP contribution in [0.1, 0.15) is 19.4 Å². The average Bonchev–Trinajstić information content (AvgIpc) is 2.65. The van der Waals surface area contributed by atoms with Crippen molar-refractivity contribution in [2.75, 3.05) is 6.54 Å². The molecule has 3 aromatic carbocycles. The third kappa shape index (κ3) is 4.84. The van der Waals surface area contributed by atoms with E-state index in [2.05, 4.69) is 48.6 Å². The average molecular weight is 349 g/mol. The van der Waals surface area contributed by atoms with Gasteiger partial charge in [-0.2, -0.15) is 0 Å². The van der Waals surface area contributed by atoms with E-state index < -0.39 is 12.3 Å². The van der Waals surface area contributed by atoms with Crippen LogP contribution in [0.3, 0.4) is 0 Å². The first-order chi connectivity index (χ1) is 12.6. The summed E-state index contributed by atoms with van der Waals surface area (Å²) >= 11 is 0. The van der Waals surface area contributed by atoms with Crippen molar-refractivity contribution in [2.45, 2.75) is 32.6 Å². The Balaban J connectivity index is 1.64. The predicted octanol–water partition coefficient (Wildman–Crippen LogP) is 4.39. The van der Waals surface area contributed by atoms with Crippen LogP contribution in [-0.2, 0) is 6.42 Å². The molecule has 0 bridgehead atoms. The molecule has 3 unspecified atom stereocenters. The Morgan fingerprint density at radius 1 is 0.885 bits per heavy atom. The molecule has 0 fully saturated rings. The van der Waals surface area contributed by atoms with Crippen LogP contribution in [0.25, 0.3) is 10.8 Å². The number of hydrogen-bond acceptors (Lipinski definition) is 3. The summed E-state index contributed by atoms with van der Waals surface area (Å²) in [7, 11) is 0. The Bertz CT molecular complexity index is 811. The van der Waals surface area contributed by atoms with Gasteiger partial charge in [-0.3, -0.25) is 5.32 Å². The zero-order chi connectivity index (χ0) is 18.4. The number of rotatable bonds is 8. The van der Waals surface area contributed by atoms with Crippen molar-refractivity contribution >= 4 is 10.8 Å². The largest absolute Gasteiger partial charge is 0.472 e. The van der Waals surface area contributed by atoms with E-state index in [4.69, 9.17) is 4.74 Å². The molecule has 0 aromatic heterocycles. The van der Waals surface area contributed by atoms with Gasteiger partial charge >= 0.3 is 0 Å². The number of aliphatic hydroxyl groups excluding tert-OH is 1. The molecule has 3 nitrogen and oxygen atoms in total. The number of hydrogen-bond donors (Lipinski definition) is 2. The summed E-state index contributed by atoms with van der Waals surface area (Å²) < 4.78 is 6.13. The van der Waals surface area contributed by atoms with Crippen molar-refractivity contribution < 1.29 is 9.84 Å². The maximum absolute atomic E-state index is 10.2. The van der Waals surface area contributed by atoms with Crippen molar-refractivity contribution in [3.8, 4) is 5.75 Å². The lowest BCUT2D eigenvalue weighted by molar-refractivity contribution is 0.0258. The Kier molecular flexibility index (Phi) is 6.26. The Morgan fingerprint density at radius 3 is 2.35 bits per heavy atom. The van der Waals surface area contributed by atoms with Crippen molar-refractivity contribution in [3.63, 3.8) is 0 Å². The molecule has 0 spiro atoms. The van der Waals surface area contributed by atoms with Gasteiger partial charge in [-0.05, 0) is 36.3 Å². The lowest BCUT2D eigenvalue weighted by atomic mass is 10.0. The number of fused-ring (bicyclic) bond motifs is 1. The molecule has 0 aliphatic heterocycles. The first-order valence-electron chi connectivity index (χ1n) is 9.23. The number of nitrogens with one attached hydrogen (secondary N) is 1. The van der Waals surface area contributed by atoms with Crippen LogP contribution in [0.15, 0.2) is 72.8 Å². The molecule has 0 saturated carbocycles. The number of benzene rings is 3. The van der Waals surface area contributed by atoms with Gasteiger partial charge in [0.05, 0.1) is 0 Å². The fourth-order valence-corrected chi connectivity index (χ4v) is 3.15. The summed E-state index contributed by atoms with van der Waals surface area (Å²) in [5.74, 6) is 1.23. The smallest absolute Gasteiger partial charge is 0.176 e. The van der Waals surface area contributed by atoms with Crippen molar-refractivity contribution in [2.24, 2.45) is 5.92 Å². The maximum atomic E-state index is 10.2. The minimum atomic E-state index is -0.613. The van der Waals surface area contributed by atoms with Gasteiger partial charge in [0, 0.05) is 11.9 Å². The Hall–Kier alpha value is -2.36. The Labute approximate surface area is 155 Å².